The molecule has 2 heterocycles. The number of anilines is 1. The maximum Gasteiger partial charge on any atom is 0.169 e. The van der Waals surface area contributed by atoms with E-state index in [9.17, 15) is 4.79 Å². The summed E-state index contributed by atoms with van der Waals surface area (Å²) in [6, 6.07) is 13.1. The summed E-state index contributed by atoms with van der Waals surface area (Å²) >= 11 is 6.37. The molecule has 0 unspecified atom stereocenters. The second-order valence-electron chi connectivity index (χ2n) is 10.7. The molecule has 2 saturated carbocycles. The van der Waals surface area contributed by atoms with Crippen LogP contribution < -0.4 is 10.1 Å². The Morgan fingerprint density at radius 2 is 1.78 bits per heavy atom. The molecule has 36 heavy (non-hydrogen) atoms. The fraction of sp³-hybridized carbons (Fsp3) is 0.467. The first-order chi connectivity index (χ1) is 17.6. The largest absolute Gasteiger partial charge is 0.497 e. The van der Waals surface area contributed by atoms with E-state index >= 15 is 0 Å². The predicted molar refractivity (Wildman–Crippen MR) is 146 cm³/mol. The lowest BCUT2D eigenvalue weighted by atomic mass is 9.89. The van der Waals surface area contributed by atoms with Crippen LogP contribution in [0.5, 0.6) is 5.75 Å². The lowest BCUT2D eigenvalue weighted by Crippen LogP contribution is -2.39. The fourth-order valence-electron chi connectivity index (χ4n) is 6.02. The molecule has 5 nitrogen and oxygen atoms in total. The van der Waals surface area contributed by atoms with Crippen LogP contribution in [0.1, 0.15) is 61.7 Å². The minimum atomic E-state index is 0.149. The molecule has 3 fully saturated rings. The van der Waals surface area contributed by atoms with E-state index in [1.54, 1.807) is 13.3 Å². The van der Waals surface area contributed by atoms with E-state index in [4.69, 9.17) is 21.3 Å². The number of aromatic nitrogens is 1. The highest BCUT2D eigenvalue weighted by Gasteiger charge is 2.34. The van der Waals surface area contributed by atoms with Gasteiger partial charge in [0.1, 0.15) is 5.75 Å². The first-order valence-electron chi connectivity index (χ1n) is 13.4. The number of Topliss-reactive ketones (excluding diaryl/α,β-unsaturated/α-hetero) is 1. The predicted octanol–water partition coefficient (Wildman–Crippen LogP) is 6.98. The Bertz CT molecular complexity index is 1270. The molecule has 1 saturated heterocycles. The molecule has 1 aromatic heterocycles. The number of nitrogens with zero attached hydrogens (tertiary/aromatic N) is 2. The third kappa shape index (κ3) is 4.83. The van der Waals surface area contributed by atoms with Crippen molar-refractivity contribution in [3.8, 4) is 16.9 Å². The average Bonchev–Trinajstić information content (AvgIpc) is 3.62. The van der Waals surface area contributed by atoms with Crippen molar-refractivity contribution in [3.63, 3.8) is 0 Å². The van der Waals surface area contributed by atoms with Crippen LogP contribution in [0.4, 0.5) is 5.69 Å². The summed E-state index contributed by atoms with van der Waals surface area (Å²) < 4.78 is 5.44. The van der Waals surface area contributed by atoms with Gasteiger partial charge in [-0.2, -0.15) is 0 Å². The monoisotopic (exact) mass is 503 g/mol. The quantitative estimate of drug-likeness (QED) is 0.352. The lowest BCUT2D eigenvalue weighted by molar-refractivity contribution is 0.0968. The Morgan fingerprint density at radius 1 is 1.00 bits per heavy atom. The number of hydrogen-bond donors (Lipinski definition) is 1. The highest BCUT2D eigenvalue weighted by atomic mass is 35.5. The molecule has 0 spiro atoms. The van der Waals surface area contributed by atoms with Gasteiger partial charge < -0.3 is 15.0 Å². The van der Waals surface area contributed by atoms with Gasteiger partial charge in [0.25, 0.3) is 0 Å². The number of rotatable bonds is 7. The minimum Gasteiger partial charge on any atom is -0.497 e. The number of ether oxygens (including phenoxy) is 1. The molecule has 6 heteroatoms. The van der Waals surface area contributed by atoms with Gasteiger partial charge in [-0.15, -0.1) is 0 Å². The van der Waals surface area contributed by atoms with Gasteiger partial charge in [0, 0.05) is 34.6 Å². The number of pyridine rings is 1. The number of ketones is 1. The second-order valence-corrected chi connectivity index (χ2v) is 11.1. The number of fused-ring (bicyclic) bond motifs is 1. The number of benzene rings is 2. The van der Waals surface area contributed by atoms with Gasteiger partial charge in [0.2, 0.25) is 0 Å². The van der Waals surface area contributed by atoms with Crippen molar-refractivity contribution in [2.24, 2.45) is 5.92 Å². The summed E-state index contributed by atoms with van der Waals surface area (Å²) in [5.41, 5.74) is 4.61. The molecule has 0 atom stereocenters. The smallest absolute Gasteiger partial charge is 0.169 e. The molecular formula is C30H34ClN3O2. The van der Waals surface area contributed by atoms with Crippen LogP contribution in [-0.4, -0.2) is 48.0 Å². The summed E-state index contributed by atoms with van der Waals surface area (Å²) in [5, 5.41) is 5.48. The van der Waals surface area contributed by atoms with Gasteiger partial charge in [-0.1, -0.05) is 17.7 Å². The fourth-order valence-corrected chi connectivity index (χ4v) is 6.25. The summed E-state index contributed by atoms with van der Waals surface area (Å²) in [6.45, 7) is 2.52. The standard InChI is InChI=1S/C30H34ClN3O2/c1-36-25-15-21(14-22(31)17-25)20-6-11-28-26(16-20)29(27(18-32-28)30(35)19-4-5-19)33-23-7-9-24(10-8-23)34-12-2-3-13-34/h6,11,14-19,23-24H,2-5,7-10,12-13H2,1H3,(H,32,33). The van der Waals surface area contributed by atoms with E-state index in [0.717, 1.165) is 70.8 Å². The van der Waals surface area contributed by atoms with Crippen LogP contribution in [0.2, 0.25) is 5.02 Å². The van der Waals surface area contributed by atoms with E-state index < -0.39 is 0 Å². The Kier molecular flexibility index (Phi) is 6.61. The second kappa shape index (κ2) is 10.0. The molecule has 3 aliphatic rings. The Morgan fingerprint density at radius 3 is 2.50 bits per heavy atom. The molecule has 1 aliphatic heterocycles. The summed E-state index contributed by atoms with van der Waals surface area (Å²) in [7, 11) is 1.65. The summed E-state index contributed by atoms with van der Waals surface area (Å²) in [6.07, 6.45) is 11.2. The van der Waals surface area contributed by atoms with Crippen molar-refractivity contribution in [1.82, 2.24) is 9.88 Å². The van der Waals surface area contributed by atoms with Crippen LogP contribution in [0.3, 0.4) is 0 Å². The van der Waals surface area contributed by atoms with Crippen LogP contribution in [0.25, 0.3) is 22.0 Å². The van der Waals surface area contributed by atoms with Crippen LogP contribution in [0, 0.1) is 5.92 Å². The van der Waals surface area contributed by atoms with Crippen LogP contribution >= 0.6 is 11.6 Å². The SMILES string of the molecule is COc1cc(Cl)cc(-c2ccc3ncc(C(=O)C4CC4)c(NC4CCC(N5CCCC5)CC4)c3c2)c1. The van der Waals surface area contributed by atoms with E-state index in [0.29, 0.717) is 11.1 Å². The lowest BCUT2D eigenvalue weighted by Gasteiger charge is -2.35. The van der Waals surface area contributed by atoms with Crippen LogP contribution in [-0.2, 0) is 0 Å². The molecule has 3 aromatic rings. The zero-order chi connectivity index (χ0) is 24.6. The van der Waals surface area contributed by atoms with Crippen molar-refractivity contribution in [1.29, 1.82) is 0 Å². The number of likely N-dealkylation sites (tertiary alicyclic amines) is 1. The van der Waals surface area contributed by atoms with Gasteiger partial charge in [0.05, 0.1) is 23.9 Å². The molecule has 1 N–H and O–H groups in total. The number of carbonyl (C=O) groups excluding carboxylic acids is 1. The number of halogens is 1. The number of hydrogen-bond acceptors (Lipinski definition) is 5. The van der Waals surface area contributed by atoms with Crippen LogP contribution in [0.15, 0.2) is 42.6 Å². The average molecular weight is 504 g/mol. The van der Waals surface area contributed by atoms with Crippen molar-refractivity contribution in [3.05, 3.63) is 53.2 Å². The van der Waals surface area contributed by atoms with E-state index in [-0.39, 0.29) is 11.7 Å². The topological polar surface area (TPSA) is 54.5 Å². The first kappa shape index (κ1) is 23.7. The molecule has 0 radical (unpaired) electrons. The zero-order valence-electron chi connectivity index (χ0n) is 20.9. The molecule has 2 aromatic carbocycles. The zero-order valence-corrected chi connectivity index (χ0v) is 21.7. The van der Waals surface area contributed by atoms with Gasteiger partial charge in [0.15, 0.2) is 5.78 Å². The number of carbonyl (C=O) groups is 1. The number of nitrogens with one attached hydrogen (secondary N) is 1. The first-order valence-corrected chi connectivity index (χ1v) is 13.8. The van der Waals surface area contributed by atoms with Crippen molar-refractivity contribution >= 4 is 34.0 Å². The third-order valence-electron chi connectivity index (χ3n) is 8.22. The van der Waals surface area contributed by atoms with E-state index in [1.165, 1.54) is 38.8 Å². The highest BCUT2D eigenvalue weighted by molar-refractivity contribution is 6.31. The molecule has 0 amide bonds. The normalized spacial score (nSPS) is 22.6. The van der Waals surface area contributed by atoms with Gasteiger partial charge in [-0.3, -0.25) is 9.78 Å². The highest BCUT2D eigenvalue weighted by Crippen LogP contribution is 2.39. The van der Waals surface area contributed by atoms with Gasteiger partial charge >= 0.3 is 0 Å². The van der Waals surface area contributed by atoms with E-state index in [1.807, 2.05) is 24.3 Å². The third-order valence-corrected chi connectivity index (χ3v) is 8.44. The number of methoxy groups -OCH3 is 1. The molecule has 0 bridgehead atoms. The molecule has 6 rings (SSSR count). The minimum absolute atomic E-state index is 0.149. The molecule has 2 aliphatic carbocycles. The maximum atomic E-state index is 13.3. The van der Waals surface area contributed by atoms with Gasteiger partial charge in [-0.25, -0.2) is 0 Å². The van der Waals surface area contributed by atoms with E-state index in [2.05, 4.69) is 22.3 Å². The molecule has 188 valence electrons. The van der Waals surface area contributed by atoms with Crippen molar-refractivity contribution < 1.29 is 9.53 Å². The Balaban J connectivity index is 1.35. The summed E-state index contributed by atoms with van der Waals surface area (Å²) in [4.78, 5) is 20.7. The maximum absolute atomic E-state index is 13.3. The van der Waals surface area contributed by atoms with Crippen molar-refractivity contribution in [2.75, 3.05) is 25.5 Å². The Hall–Kier alpha value is -2.63. The Labute approximate surface area is 218 Å². The summed E-state index contributed by atoms with van der Waals surface area (Å²) in [5.74, 6) is 1.10. The molecular weight excluding hydrogens is 470 g/mol. The van der Waals surface area contributed by atoms with Gasteiger partial charge in [-0.05, 0) is 106 Å². The van der Waals surface area contributed by atoms with Crippen molar-refractivity contribution in [2.45, 2.75) is 63.5 Å².